The molecule has 3 N–H and O–H groups in total. The SMILES string of the molecule is C/C=C/COc1nc(NN)nc(OC)n1. The summed E-state index contributed by atoms with van der Waals surface area (Å²) in [5.74, 6) is 5.36. The van der Waals surface area contributed by atoms with Gasteiger partial charge < -0.3 is 9.47 Å². The van der Waals surface area contributed by atoms with Gasteiger partial charge in [-0.15, -0.1) is 4.98 Å². The average molecular weight is 211 g/mol. The Labute approximate surface area is 87.3 Å². The molecule has 0 atom stereocenters. The Morgan fingerprint density at radius 1 is 1.33 bits per heavy atom. The highest BCUT2D eigenvalue weighted by Crippen LogP contribution is 2.11. The number of hydrazine groups is 1. The van der Waals surface area contributed by atoms with Crippen molar-refractivity contribution in [2.75, 3.05) is 19.1 Å². The lowest BCUT2D eigenvalue weighted by Gasteiger charge is -2.05. The average Bonchev–Trinajstić information content (AvgIpc) is 2.29. The number of methoxy groups -OCH3 is 1. The summed E-state index contributed by atoms with van der Waals surface area (Å²) < 4.78 is 10.1. The zero-order chi connectivity index (χ0) is 11.1. The molecular weight excluding hydrogens is 198 g/mol. The quantitative estimate of drug-likeness (QED) is 0.405. The zero-order valence-corrected chi connectivity index (χ0v) is 8.60. The number of allylic oxidation sites excluding steroid dienone is 1. The molecule has 0 aliphatic heterocycles. The fourth-order valence-electron chi connectivity index (χ4n) is 0.777. The van der Waals surface area contributed by atoms with Crippen molar-refractivity contribution < 1.29 is 9.47 Å². The van der Waals surface area contributed by atoms with Crippen LogP contribution in [0, 0.1) is 0 Å². The minimum absolute atomic E-state index is 0.147. The molecule has 0 aliphatic rings. The van der Waals surface area contributed by atoms with Crippen molar-refractivity contribution in [1.29, 1.82) is 0 Å². The molecule has 0 bridgehead atoms. The molecule has 0 amide bonds. The van der Waals surface area contributed by atoms with Crippen LogP contribution >= 0.6 is 0 Å². The third kappa shape index (κ3) is 3.39. The van der Waals surface area contributed by atoms with E-state index >= 15 is 0 Å². The molecule has 1 rings (SSSR count). The van der Waals surface area contributed by atoms with Gasteiger partial charge in [0.15, 0.2) is 0 Å². The van der Waals surface area contributed by atoms with Gasteiger partial charge in [0.2, 0.25) is 5.95 Å². The fraction of sp³-hybridized carbons (Fsp3) is 0.375. The van der Waals surface area contributed by atoms with E-state index in [0.717, 1.165) is 0 Å². The van der Waals surface area contributed by atoms with Crippen LogP contribution in [0.15, 0.2) is 12.2 Å². The Morgan fingerprint density at radius 3 is 2.67 bits per heavy atom. The Hall–Kier alpha value is -1.89. The standard InChI is InChI=1S/C8H13N5O2/c1-3-4-5-15-8-11-6(13-9)10-7(12-8)14-2/h3-4H,5,9H2,1-2H3,(H,10,11,12,13)/b4-3+. The van der Waals surface area contributed by atoms with Crippen molar-refractivity contribution in [3.63, 3.8) is 0 Å². The topological polar surface area (TPSA) is 95.2 Å². The van der Waals surface area contributed by atoms with Crippen LogP contribution in [0.25, 0.3) is 0 Å². The highest BCUT2D eigenvalue weighted by Gasteiger charge is 2.05. The third-order valence-electron chi connectivity index (χ3n) is 1.45. The molecule has 15 heavy (non-hydrogen) atoms. The normalized spacial score (nSPS) is 10.3. The summed E-state index contributed by atoms with van der Waals surface area (Å²) in [6.45, 7) is 2.28. The van der Waals surface area contributed by atoms with Crippen molar-refractivity contribution in [3.05, 3.63) is 12.2 Å². The van der Waals surface area contributed by atoms with E-state index in [1.165, 1.54) is 7.11 Å². The van der Waals surface area contributed by atoms with E-state index in [1.807, 2.05) is 19.1 Å². The van der Waals surface area contributed by atoms with Crippen molar-refractivity contribution in [1.82, 2.24) is 15.0 Å². The van der Waals surface area contributed by atoms with Crippen LogP contribution < -0.4 is 20.7 Å². The number of hydrogen-bond acceptors (Lipinski definition) is 7. The molecule has 82 valence electrons. The molecule has 1 aromatic rings. The zero-order valence-electron chi connectivity index (χ0n) is 8.60. The number of nitrogens with one attached hydrogen (secondary N) is 1. The van der Waals surface area contributed by atoms with Crippen LogP contribution in [-0.2, 0) is 0 Å². The molecular formula is C8H13N5O2. The van der Waals surface area contributed by atoms with Gasteiger partial charge in [0.25, 0.3) is 0 Å². The van der Waals surface area contributed by atoms with Gasteiger partial charge in [-0.05, 0) is 6.92 Å². The van der Waals surface area contributed by atoms with Crippen LogP contribution in [0.1, 0.15) is 6.92 Å². The summed E-state index contributed by atoms with van der Waals surface area (Å²) in [4.78, 5) is 11.6. The second-order valence-corrected chi connectivity index (χ2v) is 2.45. The van der Waals surface area contributed by atoms with Crippen molar-refractivity contribution >= 4 is 5.95 Å². The van der Waals surface area contributed by atoms with E-state index in [4.69, 9.17) is 15.3 Å². The number of hydrogen-bond donors (Lipinski definition) is 2. The number of nitrogen functional groups attached to an aromatic ring is 1. The van der Waals surface area contributed by atoms with Crippen molar-refractivity contribution in [2.24, 2.45) is 5.84 Å². The highest BCUT2D eigenvalue weighted by atomic mass is 16.5. The molecule has 0 spiro atoms. The number of rotatable bonds is 5. The first-order chi connectivity index (χ1) is 7.30. The number of nitrogens with two attached hydrogens (primary N) is 1. The van der Waals surface area contributed by atoms with Gasteiger partial charge in [0.1, 0.15) is 6.61 Å². The second-order valence-electron chi connectivity index (χ2n) is 2.45. The van der Waals surface area contributed by atoms with Crippen LogP contribution in [0.3, 0.4) is 0 Å². The molecule has 0 aliphatic carbocycles. The van der Waals surface area contributed by atoms with Crippen LogP contribution in [0.5, 0.6) is 12.0 Å². The van der Waals surface area contributed by atoms with E-state index in [9.17, 15) is 0 Å². The summed E-state index contributed by atoms with van der Waals surface area (Å²) in [5, 5.41) is 0. The van der Waals surface area contributed by atoms with Gasteiger partial charge >= 0.3 is 12.0 Å². The van der Waals surface area contributed by atoms with E-state index in [2.05, 4.69) is 20.4 Å². The molecule has 7 nitrogen and oxygen atoms in total. The van der Waals surface area contributed by atoms with E-state index < -0.39 is 0 Å². The molecule has 0 aromatic carbocycles. The minimum Gasteiger partial charge on any atom is -0.467 e. The molecule has 0 fully saturated rings. The smallest absolute Gasteiger partial charge is 0.324 e. The Kier molecular flexibility index (Phi) is 4.30. The number of anilines is 1. The van der Waals surface area contributed by atoms with Crippen molar-refractivity contribution in [2.45, 2.75) is 6.92 Å². The number of nitrogens with zero attached hydrogens (tertiary/aromatic N) is 3. The van der Waals surface area contributed by atoms with Gasteiger partial charge in [0, 0.05) is 0 Å². The van der Waals surface area contributed by atoms with Gasteiger partial charge in [-0.25, -0.2) is 5.84 Å². The Bertz CT molecular complexity index is 320. The van der Waals surface area contributed by atoms with Gasteiger partial charge in [-0.1, -0.05) is 12.2 Å². The monoisotopic (exact) mass is 211 g/mol. The lowest BCUT2D eigenvalue weighted by Crippen LogP contribution is -2.13. The summed E-state index contributed by atoms with van der Waals surface area (Å²) in [7, 11) is 1.45. The Balaban J connectivity index is 2.77. The van der Waals surface area contributed by atoms with Crippen LogP contribution in [0.2, 0.25) is 0 Å². The summed E-state index contributed by atoms with van der Waals surface area (Å²) in [5.41, 5.74) is 2.29. The van der Waals surface area contributed by atoms with Gasteiger partial charge in [-0.3, -0.25) is 5.43 Å². The molecule has 0 saturated heterocycles. The molecule has 7 heteroatoms. The van der Waals surface area contributed by atoms with Gasteiger partial charge in [-0.2, -0.15) is 9.97 Å². The minimum atomic E-state index is 0.147. The predicted molar refractivity (Wildman–Crippen MR) is 54.5 cm³/mol. The Morgan fingerprint density at radius 2 is 2.07 bits per heavy atom. The molecule has 0 saturated carbocycles. The number of aromatic nitrogens is 3. The van der Waals surface area contributed by atoms with E-state index in [0.29, 0.717) is 6.61 Å². The molecule has 0 radical (unpaired) electrons. The second kappa shape index (κ2) is 5.76. The third-order valence-corrected chi connectivity index (χ3v) is 1.45. The number of ether oxygens (including phenoxy) is 2. The van der Waals surface area contributed by atoms with E-state index in [1.54, 1.807) is 0 Å². The molecule has 1 heterocycles. The lowest BCUT2D eigenvalue weighted by atomic mass is 10.6. The summed E-state index contributed by atoms with van der Waals surface area (Å²) >= 11 is 0. The summed E-state index contributed by atoms with van der Waals surface area (Å²) in [6, 6.07) is 0.307. The first kappa shape index (κ1) is 11.2. The van der Waals surface area contributed by atoms with Crippen LogP contribution in [-0.4, -0.2) is 28.7 Å². The van der Waals surface area contributed by atoms with Gasteiger partial charge in [0.05, 0.1) is 7.11 Å². The summed E-state index contributed by atoms with van der Waals surface area (Å²) in [6.07, 6.45) is 3.69. The first-order valence-corrected chi connectivity index (χ1v) is 4.30. The highest BCUT2D eigenvalue weighted by molar-refractivity contribution is 5.25. The van der Waals surface area contributed by atoms with Crippen molar-refractivity contribution in [3.8, 4) is 12.0 Å². The first-order valence-electron chi connectivity index (χ1n) is 4.30. The molecule has 1 aromatic heterocycles. The fourth-order valence-corrected chi connectivity index (χ4v) is 0.777. The van der Waals surface area contributed by atoms with Crippen LogP contribution in [0.4, 0.5) is 5.95 Å². The maximum absolute atomic E-state index is 5.21. The maximum Gasteiger partial charge on any atom is 0.324 e. The predicted octanol–water partition coefficient (Wildman–Crippen LogP) is 0.121. The maximum atomic E-state index is 5.21. The molecule has 0 unspecified atom stereocenters. The largest absolute Gasteiger partial charge is 0.467 e. The van der Waals surface area contributed by atoms with E-state index in [-0.39, 0.29) is 18.0 Å². The lowest BCUT2D eigenvalue weighted by molar-refractivity contribution is 0.313.